The summed E-state index contributed by atoms with van der Waals surface area (Å²) in [5, 5.41) is 13.3. The third-order valence-corrected chi connectivity index (χ3v) is 5.08. The van der Waals surface area contributed by atoms with Crippen LogP contribution in [0.3, 0.4) is 0 Å². The topological polar surface area (TPSA) is 95.7 Å². The third-order valence-electron chi connectivity index (χ3n) is 5.08. The Kier molecular flexibility index (Phi) is 4.87. The molecule has 1 heterocycles. The maximum absolute atomic E-state index is 12.4. The molecule has 1 aliphatic heterocycles. The summed E-state index contributed by atoms with van der Waals surface area (Å²) < 4.78 is 0. The zero-order chi connectivity index (χ0) is 17.2. The number of nitrogens with zero attached hydrogens (tertiary/aromatic N) is 1. The number of nitrogens with one attached hydrogen (secondary N) is 1. The minimum atomic E-state index is -1.52. The van der Waals surface area contributed by atoms with Crippen molar-refractivity contribution in [3.05, 3.63) is 35.4 Å². The summed E-state index contributed by atoms with van der Waals surface area (Å²) in [5.41, 5.74) is 6.26. The average molecular weight is 331 g/mol. The number of hydrogen-bond acceptors (Lipinski definition) is 4. The molecule has 24 heavy (non-hydrogen) atoms. The Hall–Kier alpha value is -1.92. The van der Waals surface area contributed by atoms with Gasteiger partial charge in [-0.25, -0.2) is 0 Å². The summed E-state index contributed by atoms with van der Waals surface area (Å²) in [6, 6.07) is 8.27. The summed E-state index contributed by atoms with van der Waals surface area (Å²) in [6.07, 6.45) is 4.07. The van der Waals surface area contributed by atoms with Crippen LogP contribution in [0.5, 0.6) is 0 Å². The molecule has 1 aliphatic carbocycles. The minimum absolute atomic E-state index is 0.0438. The third kappa shape index (κ3) is 3.60. The number of primary amides is 1. The van der Waals surface area contributed by atoms with E-state index in [-0.39, 0.29) is 25.0 Å². The number of β-amino-alcohol motifs (C(OH)–C–C–N with tert-alkyl or cyclic N) is 1. The van der Waals surface area contributed by atoms with Crippen LogP contribution in [0.2, 0.25) is 0 Å². The number of rotatable bonds is 4. The van der Waals surface area contributed by atoms with Crippen molar-refractivity contribution in [2.75, 3.05) is 19.6 Å². The van der Waals surface area contributed by atoms with Crippen LogP contribution in [-0.2, 0) is 16.0 Å². The summed E-state index contributed by atoms with van der Waals surface area (Å²) in [4.78, 5) is 25.6. The Balaban J connectivity index is 1.60. The number of likely N-dealkylation sites (tertiary alicyclic amines) is 1. The van der Waals surface area contributed by atoms with Crippen molar-refractivity contribution in [2.24, 2.45) is 5.73 Å². The molecule has 1 aromatic rings. The van der Waals surface area contributed by atoms with Crippen LogP contribution in [0.4, 0.5) is 0 Å². The highest BCUT2D eigenvalue weighted by molar-refractivity contribution is 5.84. The highest BCUT2D eigenvalue weighted by Gasteiger charge is 2.39. The molecule has 130 valence electrons. The predicted molar refractivity (Wildman–Crippen MR) is 90.1 cm³/mol. The maximum Gasteiger partial charge on any atom is 0.250 e. The number of piperidine rings is 1. The van der Waals surface area contributed by atoms with E-state index in [4.69, 9.17) is 5.73 Å². The molecule has 3 rings (SSSR count). The van der Waals surface area contributed by atoms with Crippen molar-refractivity contribution < 1.29 is 14.7 Å². The van der Waals surface area contributed by atoms with Gasteiger partial charge in [-0.3, -0.25) is 14.5 Å². The van der Waals surface area contributed by atoms with Crippen molar-refractivity contribution in [1.82, 2.24) is 10.2 Å². The number of benzene rings is 1. The second kappa shape index (κ2) is 6.91. The number of hydrogen-bond donors (Lipinski definition) is 3. The summed E-state index contributed by atoms with van der Waals surface area (Å²) in [5.74, 6) is -0.792. The van der Waals surface area contributed by atoms with Crippen molar-refractivity contribution in [3.63, 3.8) is 0 Å². The molecule has 0 radical (unpaired) electrons. The molecule has 1 saturated heterocycles. The Morgan fingerprint density at radius 2 is 2.12 bits per heavy atom. The van der Waals surface area contributed by atoms with Crippen molar-refractivity contribution in [2.45, 2.75) is 43.7 Å². The van der Waals surface area contributed by atoms with Gasteiger partial charge in [0.15, 0.2) is 5.60 Å². The van der Waals surface area contributed by atoms with Crippen LogP contribution >= 0.6 is 0 Å². The molecule has 2 amide bonds. The summed E-state index contributed by atoms with van der Waals surface area (Å²) in [6.45, 7) is 0.982. The summed E-state index contributed by atoms with van der Waals surface area (Å²) in [7, 11) is 0. The maximum atomic E-state index is 12.4. The van der Waals surface area contributed by atoms with Crippen LogP contribution in [0.1, 0.15) is 42.9 Å². The zero-order valence-corrected chi connectivity index (χ0v) is 13.8. The van der Waals surface area contributed by atoms with Gasteiger partial charge in [-0.2, -0.15) is 0 Å². The molecule has 1 fully saturated rings. The van der Waals surface area contributed by atoms with Gasteiger partial charge in [-0.1, -0.05) is 24.3 Å². The van der Waals surface area contributed by atoms with E-state index in [1.807, 2.05) is 12.1 Å². The molecule has 4 N–H and O–H groups in total. The van der Waals surface area contributed by atoms with Crippen molar-refractivity contribution >= 4 is 11.8 Å². The first kappa shape index (κ1) is 16.9. The molecule has 2 unspecified atom stereocenters. The molecule has 0 aromatic heterocycles. The first-order valence-corrected chi connectivity index (χ1v) is 8.60. The second-order valence-electron chi connectivity index (χ2n) is 6.92. The average Bonchev–Trinajstić information content (AvgIpc) is 2.55. The van der Waals surface area contributed by atoms with Crippen molar-refractivity contribution in [1.29, 1.82) is 0 Å². The number of amides is 2. The first-order valence-electron chi connectivity index (χ1n) is 8.60. The highest BCUT2D eigenvalue weighted by Crippen LogP contribution is 2.29. The lowest BCUT2D eigenvalue weighted by Crippen LogP contribution is -2.57. The molecule has 2 aliphatic rings. The van der Waals surface area contributed by atoms with Crippen LogP contribution < -0.4 is 11.1 Å². The fourth-order valence-electron chi connectivity index (χ4n) is 3.81. The highest BCUT2D eigenvalue weighted by atomic mass is 16.3. The Morgan fingerprint density at radius 3 is 2.92 bits per heavy atom. The number of fused-ring (bicyclic) bond motifs is 1. The van der Waals surface area contributed by atoms with Crippen LogP contribution in [0.15, 0.2) is 24.3 Å². The van der Waals surface area contributed by atoms with E-state index in [1.165, 1.54) is 11.1 Å². The lowest BCUT2D eigenvalue weighted by atomic mass is 9.87. The summed E-state index contributed by atoms with van der Waals surface area (Å²) >= 11 is 0. The van der Waals surface area contributed by atoms with E-state index in [2.05, 4.69) is 17.4 Å². The smallest absolute Gasteiger partial charge is 0.250 e. The number of aliphatic hydroxyl groups is 1. The molecule has 6 heteroatoms. The van der Waals surface area contributed by atoms with E-state index < -0.39 is 11.5 Å². The monoisotopic (exact) mass is 331 g/mol. The molecular weight excluding hydrogens is 306 g/mol. The van der Waals surface area contributed by atoms with Gasteiger partial charge >= 0.3 is 0 Å². The standard InChI is InChI=1S/C18H25N3O3/c19-17(23)18(24)9-4-10-21(12-18)11-16(22)20-15-8-3-6-13-5-1-2-7-14(13)15/h1-2,5,7,15,24H,3-4,6,8-12H2,(H2,19,23)(H,20,22). The second-order valence-corrected chi connectivity index (χ2v) is 6.92. The van der Waals surface area contributed by atoms with Gasteiger partial charge in [0, 0.05) is 6.54 Å². The number of nitrogens with two attached hydrogens (primary N) is 1. The van der Waals surface area contributed by atoms with E-state index in [9.17, 15) is 14.7 Å². The first-order chi connectivity index (χ1) is 11.5. The Labute approximate surface area is 142 Å². The van der Waals surface area contributed by atoms with Gasteiger partial charge < -0.3 is 16.2 Å². The lowest BCUT2D eigenvalue weighted by molar-refractivity contribution is -0.143. The fraction of sp³-hybridized carbons (Fsp3) is 0.556. The Bertz CT molecular complexity index is 634. The minimum Gasteiger partial charge on any atom is -0.379 e. The van der Waals surface area contributed by atoms with E-state index in [0.29, 0.717) is 19.4 Å². The Morgan fingerprint density at radius 1 is 1.33 bits per heavy atom. The SMILES string of the molecule is NC(=O)C1(O)CCCN(CC(=O)NC2CCCc3ccccc32)C1. The van der Waals surface area contributed by atoms with E-state index >= 15 is 0 Å². The molecule has 2 atom stereocenters. The number of carbonyl (C=O) groups is 2. The molecular formula is C18H25N3O3. The molecule has 0 bridgehead atoms. The van der Waals surface area contributed by atoms with Gasteiger partial charge in [-0.15, -0.1) is 0 Å². The van der Waals surface area contributed by atoms with E-state index in [0.717, 1.165) is 19.3 Å². The predicted octanol–water partition coefficient (Wildman–Crippen LogP) is 0.492. The van der Waals surface area contributed by atoms with Gasteiger partial charge in [0.2, 0.25) is 5.91 Å². The molecule has 0 spiro atoms. The molecule has 0 saturated carbocycles. The molecule has 1 aromatic carbocycles. The normalized spacial score (nSPS) is 27.3. The number of aryl methyl sites for hydroxylation is 1. The largest absolute Gasteiger partial charge is 0.379 e. The zero-order valence-electron chi connectivity index (χ0n) is 13.8. The molecule has 6 nitrogen and oxygen atoms in total. The van der Waals surface area contributed by atoms with Gasteiger partial charge in [0.1, 0.15) is 0 Å². The van der Waals surface area contributed by atoms with Gasteiger partial charge in [-0.05, 0) is 49.8 Å². The quantitative estimate of drug-likeness (QED) is 0.748. The van der Waals surface area contributed by atoms with Gasteiger partial charge in [0.05, 0.1) is 12.6 Å². The van der Waals surface area contributed by atoms with Crippen LogP contribution in [0, 0.1) is 0 Å². The van der Waals surface area contributed by atoms with Crippen molar-refractivity contribution in [3.8, 4) is 0 Å². The lowest BCUT2D eigenvalue weighted by Gasteiger charge is -2.37. The van der Waals surface area contributed by atoms with Gasteiger partial charge in [0.25, 0.3) is 5.91 Å². The van der Waals surface area contributed by atoms with Crippen LogP contribution in [0.25, 0.3) is 0 Å². The fourth-order valence-corrected chi connectivity index (χ4v) is 3.81. The van der Waals surface area contributed by atoms with E-state index in [1.54, 1.807) is 4.90 Å². The number of carbonyl (C=O) groups excluding carboxylic acids is 2. The van der Waals surface area contributed by atoms with Crippen LogP contribution in [-0.4, -0.2) is 47.1 Å².